The first-order valence-corrected chi connectivity index (χ1v) is 12.2. The van der Waals surface area contributed by atoms with Crippen LogP contribution < -0.4 is 10.2 Å². The van der Waals surface area contributed by atoms with E-state index in [2.05, 4.69) is 53.3 Å². The zero-order chi connectivity index (χ0) is 23.8. The molecule has 0 saturated carbocycles. The molecule has 2 aromatic carbocycles. The summed E-state index contributed by atoms with van der Waals surface area (Å²) in [5.41, 5.74) is 3.94. The Balaban J connectivity index is 1.58. The van der Waals surface area contributed by atoms with Crippen LogP contribution in [-0.2, 0) is 0 Å². The molecule has 1 fully saturated rings. The molecule has 0 spiro atoms. The summed E-state index contributed by atoms with van der Waals surface area (Å²) >= 11 is 18.3. The van der Waals surface area contributed by atoms with Crippen LogP contribution in [0.4, 0.5) is 5.69 Å². The van der Waals surface area contributed by atoms with E-state index in [0.717, 1.165) is 22.7 Å². The molecule has 34 heavy (non-hydrogen) atoms. The summed E-state index contributed by atoms with van der Waals surface area (Å²) in [6, 6.07) is 23.3. The molecule has 4 aromatic rings. The van der Waals surface area contributed by atoms with Crippen molar-refractivity contribution in [3.8, 4) is 11.3 Å². The molecule has 172 valence electrons. The topological polar surface area (TPSA) is 41.3 Å². The first kappa shape index (κ1) is 22.9. The van der Waals surface area contributed by atoms with Crippen molar-refractivity contribution in [2.75, 3.05) is 4.90 Å². The van der Waals surface area contributed by atoms with Crippen molar-refractivity contribution in [2.45, 2.75) is 31.8 Å². The molecule has 7 heteroatoms. The largest absolute Gasteiger partial charge is 0.459 e. The normalized spacial score (nSPS) is 17.9. The van der Waals surface area contributed by atoms with Crippen molar-refractivity contribution in [1.29, 1.82) is 0 Å². The Morgan fingerprint density at radius 1 is 1.00 bits per heavy atom. The number of benzene rings is 2. The molecule has 5 rings (SSSR count). The van der Waals surface area contributed by atoms with Crippen molar-refractivity contribution in [2.24, 2.45) is 0 Å². The molecule has 1 N–H and O–H groups in total. The SMILES string of the molecule is CC(C)c1ccc(N2C(=S)N[C@@H](c3ccccn3)[C@H]2c2ccc(-c3ccc(Cl)cc3Cl)o2)cc1. The van der Waals surface area contributed by atoms with Crippen LogP contribution >= 0.6 is 35.4 Å². The number of pyridine rings is 1. The Kier molecular flexibility index (Phi) is 6.34. The van der Waals surface area contributed by atoms with Gasteiger partial charge in [0.1, 0.15) is 17.6 Å². The smallest absolute Gasteiger partial charge is 0.174 e. The molecule has 1 aliphatic heterocycles. The fraction of sp³-hybridized carbons (Fsp3) is 0.185. The van der Waals surface area contributed by atoms with Crippen molar-refractivity contribution in [1.82, 2.24) is 10.3 Å². The van der Waals surface area contributed by atoms with Crippen molar-refractivity contribution >= 4 is 46.2 Å². The Bertz CT molecular complexity index is 1320. The minimum absolute atomic E-state index is 0.182. The van der Waals surface area contributed by atoms with Crippen molar-refractivity contribution in [3.05, 3.63) is 106 Å². The molecule has 2 atom stereocenters. The number of nitrogens with zero attached hydrogens (tertiary/aromatic N) is 2. The Hall–Kier alpha value is -2.86. The lowest BCUT2D eigenvalue weighted by Crippen LogP contribution is -2.29. The maximum absolute atomic E-state index is 6.45. The first-order chi connectivity index (χ1) is 16.4. The number of hydrogen-bond donors (Lipinski definition) is 1. The summed E-state index contributed by atoms with van der Waals surface area (Å²) in [5, 5.41) is 5.21. The molecule has 0 bridgehead atoms. The molecule has 1 aliphatic rings. The number of rotatable bonds is 5. The van der Waals surface area contributed by atoms with Gasteiger partial charge in [0, 0.05) is 22.5 Å². The van der Waals surface area contributed by atoms with E-state index in [-0.39, 0.29) is 12.1 Å². The van der Waals surface area contributed by atoms with E-state index in [4.69, 9.17) is 39.8 Å². The molecular weight excluding hydrogens is 485 g/mol. The third-order valence-corrected chi connectivity index (χ3v) is 6.91. The van der Waals surface area contributed by atoms with Gasteiger partial charge in [-0.1, -0.05) is 55.2 Å². The van der Waals surface area contributed by atoms with Gasteiger partial charge in [-0.15, -0.1) is 0 Å². The van der Waals surface area contributed by atoms with E-state index in [9.17, 15) is 0 Å². The molecule has 0 unspecified atom stereocenters. The first-order valence-electron chi connectivity index (χ1n) is 11.1. The number of halogens is 2. The molecule has 2 aromatic heterocycles. The van der Waals surface area contributed by atoms with Crippen LogP contribution in [0.5, 0.6) is 0 Å². The summed E-state index contributed by atoms with van der Waals surface area (Å²) in [6.07, 6.45) is 1.79. The van der Waals surface area contributed by atoms with Gasteiger partial charge >= 0.3 is 0 Å². The van der Waals surface area contributed by atoms with Gasteiger partial charge in [0.15, 0.2) is 5.11 Å². The number of hydrogen-bond acceptors (Lipinski definition) is 3. The quantitative estimate of drug-likeness (QED) is 0.277. The lowest BCUT2D eigenvalue weighted by molar-refractivity contribution is 0.439. The summed E-state index contributed by atoms with van der Waals surface area (Å²) < 4.78 is 6.39. The maximum atomic E-state index is 6.45. The summed E-state index contributed by atoms with van der Waals surface area (Å²) in [7, 11) is 0. The Morgan fingerprint density at radius 3 is 2.47 bits per heavy atom. The maximum Gasteiger partial charge on any atom is 0.174 e. The molecule has 3 heterocycles. The molecule has 0 aliphatic carbocycles. The van der Waals surface area contributed by atoms with Gasteiger partial charge in [0.05, 0.1) is 16.8 Å². The van der Waals surface area contributed by atoms with Crippen molar-refractivity contribution < 1.29 is 4.42 Å². The van der Waals surface area contributed by atoms with E-state index < -0.39 is 0 Å². The molecule has 4 nitrogen and oxygen atoms in total. The highest BCUT2D eigenvalue weighted by Gasteiger charge is 2.42. The van der Waals surface area contributed by atoms with E-state index in [1.54, 1.807) is 18.3 Å². The van der Waals surface area contributed by atoms with E-state index in [1.807, 2.05) is 36.4 Å². The van der Waals surface area contributed by atoms with Gasteiger partial charge in [-0.05, 0) is 78.3 Å². The second kappa shape index (κ2) is 9.41. The van der Waals surface area contributed by atoms with Gasteiger partial charge in [-0.3, -0.25) is 4.98 Å². The van der Waals surface area contributed by atoms with Crippen LogP contribution in [-0.4, -0.2) is 10.1 Å². The van der Waals surface area contributed by atoms with Crippen LogP contribution in [0.3, 0.4) is 0 Å². The summed E-state index contributed by atoms with van der Waals surface area (Å²) in [4.78, 5) is 6.70. The standard InChI is InChI=1S/C27H23Cl2N3OS/c1-16(2)17-6-9-19(10-7-17)32-26(25(31-27(32)34)22-5-3-4-14-30-22)24-13-12-23(33-24)20-11-8-18(28)15-21(20)29/h3-16,25-26H,1-2H3,(H,31,34)/t25-,26+/m0/s1. The molecule has 0 radical (unpaired) electrons. The van der Waals surface area contributed by atoms with Gasteiger partial charge in [0.25, 0.3) is 0 Å². The van der Waals surface area contributed by atoms with Crippen LogP contribution in [0.15, 0.2) is 83.4 Å². The minimum atomic E-state index is -0.230. The number of nitrogens with one attached hydrogen (secondary N) is 1. The number of aromatic nitrogens is 1. The lowest BCUT2D eigenvalue weighted by atomic mass is 10.0. The molecule has 1 saturated heterocycles. The van der Waals surface area contributed by atoms with Crippen LogP contribution in [0.1, 0.15) is 48.9 Å². The Morgan fingerprint density at radius 2 is 1.79 bits per heavy atom. The molecular formula is C27H23Cl2N3OS. The number of furan rings is 1. The van der Waals surface area contributed by atoms with Gasteiger partial charge < -0.3 is 14.6 Å². The number of thiocarbonyl (C=S) groups is 1. The average molecular weight is 508 g/mol. The zero-order valence-electron chi connectivity index (χ0n) is 18.7. The third kappa shape index (κ3) is 4.31. The highest BCUT2D eigenvalue weighted by atomic mass is 35.5. The Labute approximate surface area is 214 Å². The predicted octanol–water partition coefficient (Wildman–Crippen LogP) is 7.95. The third-order valence-electron chi connectivity index (χ3n) is 6.05. The van der Waals surface area contributed by atoms with E-state index >= 15 is 0 Å². The highest BCUT2D eigenvalue weighted by molar-refractivity contribution is 7.80. The van der Waals surface area contributed by atoms with Crippen molar-refractivity contribution in [3.63, 3.8) is 0 Å². The minimum Gasteiger partial charge on any atom is -0.459 e. The van der Waals surface area contributed by atoms with Gasteiger partial charge in [0.2, 0.25) is 0 Å². The zero-order valence-corrected chi connectivity index (χ0v) is 21.0. The average Bonchev–Trinajstić information content (AvgIpc) is 3.44. The number of anilines is 1. The second-order valence-electron chi connectivity index (χ2n) is 8.57. The fourth-order valence-electron chi connectivity index (χ4n) is 4.29. The van der Waals surface area contributed by atoms with Gasteiger partial charge in [-0.25, -0.2) is 0 Å². The fourth-order valence-corrected chi connectivity index (χ4v) is 5.14. The van der Waals surface area contributed by atoms with E-state index in [0.29, 0.717) is 26.8 Å². The monoisotopic (exact) mass is 507 g/mol. The molecule has 0 amide bonds. The van der Waals surface area contributed by atoms with Crippen LogP contribution in [0.2, 0.25) is 10.0 Å². The highest BCUT2D eigenvalue weighted by Crippen LogP contribution is 2.43. The van der Waals surface area contributed by atoms with Crippen LogP contribution in [0, 0.1) is 0 Å². The lowest BCUT2D eigenvalue weighted by Gasteiger charge is -2.26. The van der Waals surface area contributed by atoms with Gasteiger partial charge in [-0.2, -0.15) is 0 Å². The van der Waals surface area contributed by atoms with Crippen LogP contribution in [0.25, 0.3) is 11.3 Å². The summed E-state index contributed by atoms with van der Waals surface area (Å²) in [6.45, 7) is 4.37. The predicted molar refractivity (Wildman–Crippen MR) is 143 cm³/mol. The van der Waals surface area contributed by atoms with E-state index in [1.165, 1.54) is 5.56 Å². The summed E-state index contributed by atoms with van der Waals surface area (Å²) in [5.74, 6) is 1.88. The second-order valence-corrected chi connectivity index (χ2v) is 9.80.